The van der Waals surface area contributed by atoms with Crippen LogP contribution in [0.2, 0.25) is 0 Å². The normalized spacial score (nSPS) is 18.3. The molecule has 108 valence electrons. The van der Waals surface area contributed by atoms with E-state index in [0.29, 0.717) is 18.7 Å². The first kappa shape index (κ1) is 14.5. The largest absolute Gasteiger partial charge is 0.354 e. The first-order valence-corrected chi connectivity index (χ1v) is 6.94. The molecular formula is C14H20N4O2. The number of nitrogens with one attached hydrogen (secondary N) is 3. The van der Waals surface area contributed by atoms with Crippen molar-refractivity contribution >= 4 is 11.8 Å². The highest BCUT2D eigenvalue weighted by molar-refractivity contribution is 5.93. The Morgan fingerprint density at radius 1 is 1.35 bits per heavy atom. The summed E-state index contributed by atoms with van der Waals surface area (Å²) in [5, 5.41) is 8.81. The van der Waals surface area contributed by atoms with Crippen LogP contribution in [0.4, 0.5) is 0 Å². The number of piperidine rings is 1. The molecule has 1 fully saturated rings. The monoisotopic (exact) mass is 276 g/mol. The fourth-order valence-electron chi connectivity index (χ4n) is 2.18. The number of aromatic nitrogens is 1. The molecule has 0 aliphatic carbocycles. The maximum atomic E-state index is 11.8. The molecule has 1 aliphatic rings. The topological polar surface area (TPSA) is 83.1 Å². The third kappa shape index (κ3) is 4.31. The molecular weight excluding hydrogens is 256 g/mol. The van der Waals surface area contributed by atoms with E-state index >= 15 is 0 Å². The molecule has 1 aromatic heterocycles. The van der Waals surface area contributed by atoms with E-state index in [1.165, 1.54) is 6.20 Å². The zero-order valence-corrected chi connectivity index (χ0v) is 11.4. The number of hydrogen-bond donors (Lipinski definition) is 3. The Morgan fingerprint density at radius 3 is 2.90 bits per heavy atom. The van der Waals surface area contributed by atoms with Gasteiger partial charge in [0.15, 0.2) is 0 Å². The number of rotatable bonds is 5. The van der Waals surface area contributed by atoms with Gasteiger partial charge in [-0.2, -0.15) is 0 Å². The Morgan fingerprint density at radius 2 is 2.20 bits per heavy atom. The number of pyridine rings is 1. The molecule has 1 saturated heterocycles. The van der Waals surface area contributed by atoms with E-state index in [9.17, 15) is 9.59 Å². The summed E-state index contributed by atoms with van der Waals surface area (Å²) in [6.45, 7) is 2.60. The Bertz CT molecular complexity index is 444. The zero-order chi connectivity index (χ0) is 14.2. The summed E-state index contributed by atoms with van der Waals surface area (Å²) >= 11 is 0. The van der Waals surface area contributed by atoms with Crippen molar-refractivity contribution in [1.82, 2.24) is 20.9 Å². The van der Waals surface area contributed by atoms with Crippen LogP contribution >= 0.6 is 0 Å². The standard InChI is InChI=1S/C14H20N4O2/c19-13(11-3-1-5-15-9-11)17-7-8-18-14(20)12-4-2-6-16-10-12/h1,3,5,9,12,16H,2,4,6-8,10H2,(H,17,19)(H,18,20)/t12-/m1/s1. The van der Waals surface area contributed by atoms with Gasteiger partial charge >= 0.3 is 0 Å². The van der Waals surface area contributed by atoms with Gasteiger partial charge in [0.25, 0.3) is 5.91 Å². The Labute approximate surface area is 118 Å². The van der Waals surface area contributed by atoms with Gasteiger partial charge in [-0.25, -0.2) is 0 Å². The lowest BCUT2D eigenvalue weighted by molar-refractivity contribution is -0.125. The first-order chi connectivity index (χ1) is 9.77. The first-order valence-electron chi connectivity index (χ1n) is 6.94. The molecule has 0 aromatic carbocycles. The second kappa shape index (κ2) is 7.59. The molecule has 2 heterocycles. The van der Waals surface area contributed by atoms with E-state index in [-0.39, 0.29) is 17.7 Å². The maximum absolute atomic E-state index is 11.8. The smallest absolute Gasteiger partial charge is 0.252 e. The van der Waals surface area contributed by atoms with Crippen molar-refractivity contribution in [2.45, 2.75) is 12.8 Å². The van der Waals surface area contributed by atoms with Crippen LogP contribution in [0.5, 0.6) is 0 Å². The predicted molar refractivity (Wildman–Crippen MR) is 75.2 cm³/mol. The molecule has 0 saturated carbocycles. The van der Waals surface area contributed by atoms with E-state index in [1.54, 1.807) is 18.3 Å². The minimum Gasteiger partial charge on any atom is -0.354 e. The molecule has 2 rings (SSSR count). The minimum absolute atomic E-state index is 0.0535. The van der Waals surface area contributed by atoms with Gasteiger partial charge in [-0.3, -0.25) is 14.6 Å². The highest BCUT2D eigenvalue weighted by atomic mass is 16.2. The third-order valence-corrected chi connectivity index (χ3v) is 3.30. The van der Waals surface area contributed by atoms with E-state index in [0.717, 1.165) is 25.9 Å². The molecule has 0 spiro atoms. The van der Waals surface area contributed by atoms with Crippen LogP contribution in [0.15, 0.2) is 24.5 Å². The summed E-state index contributed by atoms with van der Waals surface area (Å²) in [5.41, 5.74) is 0.523. The fourth-order valence-corrected chi connectivity index (χ4v) is 2.18. The van der Waals surface area contributed by atoms with Gasteiger partial charge in [0.05, 0.1) is 11.5 Å². The van der Waals surface area contributed by atoms with Gasteiger partial charge in [-0.1, -0.05) is 0 Å². The van der Waals surface area contributed by atoms with Crippen molar-refractivity contribution in [2.75, 3.05) is 26.2 Å². The molecule has 0 unspecified atom stereocenters. The molecule has 0 radical (unpaired) electrons. The summed E-state index contributed by atoms with van der Waals surface area (Å²) in [4.78, 5) is 27.4. The summed E-state index contributed by atoms with van der Waals surface area (Å²) in [6, 6.07) is 3.42. The predicted octanol–water partition coefficient (Wildman–Crippen LogP) is -0.0728. The molecule has 0 bridgehead atoms. The fraction of sp³-hybridized carbons (Fsp3) is 0.500. The lowest BCUT2D eigenvalue weighted by Gasteiger charge is -2.21. The number of carbonyl (C=O) groups excluding carboxylic acids is 2. The summed E-state index contributed by atoms with van der Waals surface area (Å²) in [6.07, 6.45) is 5.10. The number of hydrogen-bond acceptors (Lipinski definition) is 4. The zero-order valence-electron chi connectivity index (χ0n) is 11.4. The Balaban J connectivity index is 1.64. The van der Waals surface area contributed by atoms with Crippen LogP contribution in [0, 0.1) is 5.92 Å². The Hall–Kier alpha value is -1.95. The van der Waals surface area contributed by atoms with Crippen LogP contribution < -0.4 is 16.0 Å². The lowest BCUT2D eigenvalue weighted by atomic mass is 9.99. The van der Waals surface area contributed by atoms with Crippen LogP contribution in [0.3, 0.4) is 0 Å². The van der Waals surface area contributed by atoms with Crippen molar-refractivity contribution < 1.29 is 9.59 Å². The molecule has 1 atom stereocenters. The van der Waals surface area contributed by atoms with Crippen molar-refractivity contribution in [3.8, 4) is 0 Å². The van der Waals surface area contributed by atoms with Gasteiger partial charge in [-0.15, -0.1) is 0 Å². The van der Waals surface area contributed by atoms with Gasteiger partial charge in [-0.05, 0) is 31.5 Å². The van der Waals surface area contributed by atoms with Gasteiger partial charge in [0, 0.05) is 32.0 Å². The maximum Gasteiger partial charge on any atom is 0.252 e. The van der Waals surface area contributed by atoms with Crippen molar-refractivity contribution in [1.29, 1.82) is 0 Å². The SMILES string of the molecule is O=C(NCCNC(=O)[C@@H]1CCCNC1)c1cccnc1. The average molecular weight is 276 g/mol. The van der Waals surface area contributed by atoms with E-state index < -0.39 is 0 Å². The summed E-state index contributed by atoms with van der Waals surface area (Å²) in [7, 11) is 0. The van der Waals surface area contributed by atoms with Gasteiger partial charge < -0.3 is 16.0 Å². The number of carbonyl (C=O) groups is 2. The lowest BCUT2D eigenvalue weighted by Crippen LogP contribution is -2.42. The van der Waals surface area contributed by atoms with Crippen molar-refractivity contribution in [3.63, 3.8) is 0 Å². The molecule has 3 N–H and O–H groups in total. The second-order valence-electron chi connectivity index (χ2n) is 4.83. The second-order valence-corrected chi connectivity index (χ2v) is 4.83. The molecule has 6 heteroatoms. The van der Waals surface area contributed by atoms with Crippen LogP contribution in [0.1, 0.15) is 23.2 Å². The highest BCUT2D eigenvalue weighted by Gasteiger charge is 2.20. The van der Waals surface area contributed by atoms with E-state index in [1.807, 2.05) is 0 Å². The third-order valence-electron chi connectivity index (χ3n) is 3.30. The van der Waals surface area contributed by atoms with Crippen molar-refractivity contribution in [2.24, 2.45) is 5.92 Å². The van der Waals surface area contributed by atoms with Gasteiger partial charge in [0.2, 0.25) is 5.91 Å². The van der Waals surface area contributed by atoms with Crippen LogP contribution in [-0.2, 0) is 4.79 Å². The number of nitrogens with zero attached hydrogens (tertiary/aromatic N) is 1. The Kier molecular flexibility index (Phi) is 5.49. The van der Waals surface area contributed by atoms with Crippen LogP contribution in [-0.4, -0.2) is 43.0 Å². The van der Waals surface area contributed by atoms with Gasteiger partial charge in [0.1, 0.15) is 0 Å². The average Bonchev–Trinajstić information content (AvgIpc) is 2.53. The highest BCUT2D eigenvalue weighted by Crippen LogP contribution is 2.09. The summed E-state index contributed by atoms with van der Waals surface area (Å²) < 4.78 is 0. The molecule has 1 aromatic rings. The quantitative estimate of drug-likeness (QED) is 0.657. The van der Waals surface area contributed by atoms with E-state index in [4.69, 9.17) is 0 Å². The van der Waals surface area contributed by atoms with Crippen LogP contribution in [0.25, 0.3) is 0 Å². The van der Waals surface area contributed by atoms with E-state index in [2.05, 4.69) is 20.9 Å². The molecule has 2 amide bonds. The molecule has 1 aliphatic heterocycles. The summed E-state index contributed by atoms with van der Waals surface area (Å²) in [5.74, 6) is -0.0581. The number of amides is 2. The molecule has 6 nitrogen and oxygen atoms in total. The van der Waals surface area contributed by atoms with Crippen molar-refractivity contribution in [3.05, 3.63) is 30.1 Å². The minimum atomic E-state index is -0.174. The molecule has 20 heavy (non-hydrogen) atoms.